The molecule has 0 aliphatic carbocycles. The van der Waals surface area contributed by atoms with Crippen LogP contribution in [-0.4, -0.2) is 9.78 Å². The molecule has 0 N–H and O–H groups in total. The highest BCUT2D eigenvalue weighted by Crippen LogP contribution is 2.28. The van der Waals surface area contributed by atoms with Crippen LogP contribution in [0.1, 0.15) is 5.56 Å². The summed E-state index contributed by atoms with van der Waals surface area (Å²) in [5.74, 6) is 0. The molecule has 4 rings (SSSR count). The zero-order chi connectivity index (χ0) is 18.5. The van der Waals surface area contributed by atoms with Gasteiger partial charge in [0.05, 0.1) is 11.4 Å². The van der Waals surface area contributed by atoms with Crippen molar-refractivity contribution in [2.75, 3.05) is 0 Å². The first-order chi connectivity index (χ1) is 13.3. The van der Waals surface area contributed by atoms with Gasteiger partial charge in [0.1, 0.15) is 0 Å². The second kappa shape index (κ2) is 8.30. The van der Waals surface area contributed by atoms with Gasteiger partial charge >= 0.3 is 0 Å². The molecule has 0 bridgehead atoms. The third-order valence-corrected chi connectivity index (χ3v) is 5.14. The Morgan fingerprint density at radius 1 is 0.815 bits per heavy atom. The Morgan fingerprint density at radius 2 is 1.48 bits per heavy atom. The van der Waals surface area contributed by atoms with Gasteiger partial charge in [0.15, 0.2) is 0 Å². The van der Waals surface area contributed by atoms with Crippen LogP contribution in [-0.2, 0) is 0 Å². The predicted octanol–water partition coefficient (Wildman–Crippen LogP) is 6.96. The Labute approximate surface area is 168 Å². The molecular weight excluding hydrogens is 372 g/mol. The molecule has 2 nitrogen and oxygen atoms in total. The maximum absolute atomic E-state index is 6.05. The molecule has 0 saturated carbocycles. The molecule has 0 aliphatic heterocycles. The molecule has 132 valence electrons. The molecule has 0 fully saturated rings. The molecule has 0 amide bonds. The molecule has 0 saturated heterocycles. The highest BCUT2D eigenvalue weighted by Gasteiger charge is 2.10. The maximum Gasteiger partial charge on any atom is 0.1000 e. The van der Waals surface area contributed by atoms with Crippen molar-refractivity contribution >= 4 is 29.4 Å². The van der Waals surface area contributed by atoms with Crippen LogP contribution in [0, 0.1) is 0 Å². The fourth-order valence-corrected chi connectivity index (χ4v) is 3.55. The van der Waals surface area contributed by atoms with Crippen LogP contribution in [0.2, 0.25) is 5.02 Å². The summed E-state index contributed by atoms with van der Waals surface area (Å²) >= 11 is 7.74. The molecule has 0 spiro atoms. The van der Waals surface area contributed by atoms with Crippen molar-refractivity contribution in [2.45, 2.75) is 4.90 Å². The van der Waals surface area contributed by atoms with Crippen LogP contribution < -0.4 is 0 Å². The first-order valence-corrected chi connectivity index (χ1v) is 9.85. The third kappa shape index (κ3) is 4.33. The van der Waals surface area contributed by atoms with Crippen LogP contribution in [0.25, 0.3) is 23.0 Å². The van der Waals surface area contributed by atoms with Crippen LogP contribution in [0.5, 0.6) is 0 Å². The summed E-state index contributed by atoms with van der Waals surface area (Å²) in [4.78, 5) is 1.21. The molecule has 3 aromatic carbocycles. The lowest BCUT2D eigenvalue weighted by Gasteiger charge is -2.00. The number of rotatable bonds is 5. The summed E-state index contributed by atoms with van der Waals surface area (Å²) < 4.78 is 1.91. The summed E-state index contributed by atoms with van der Waals surface area (Å²) in [5.41, 5.74) is 4.06. The summed E-state index contributed by atoms with van der Waals surface area (Å²) in [6.45, 7) is 0. The monoisotopic (exact) mass is 388 g/mol. The largest absolute Gasteiger partial charge is 0.240 e. The SMILES string of the molecule is Clc1ccc(-c2nn(-c3ccccc3)cc2/C=C/Sc2ccccc2)cc1. The lowest BCUT2D eigenvalue weighted by atomic mass is 10.1. The van der Waals surface area contributed by atoms with Gasteiger partial charge < -0.3 is 0 Å². The van der Waals surface area contributed by atoms with Crippen molar-refractivity contribution in [2.24, 2.45) is 0 Å². The van der Waals surface area contributed by atoms with Crippen LogP contribution in [0.3, 0.4) is 0 Å². The van der Waals surface area contributed by atoms with Crippen LogP contribution in [0.15, 0.2) is 101 Å². The quantitative estimate of drug-likeness (QED) is 0.344. The number of nitrogens with zero attached hydrogens (tertiary/aromatic N) is 2. The van der Waals surface area contributed by atoms with Gasteiger partial charge in [-0.15, -0.1) is 0 Å². The van der Waals surface area contributed by atoms with E-state index in [1.54, 1.807) is 11.8 Å². The molecule has 0 atom stereocenters. The van der Waals surface area contributed by atoms with E-state index in [0.29, 0.717) is 0 Å². The Balaban J connectivity index is 1.69. The van der Waals surface area contributed by atoms with Crippen molar-refractivity contribution in [3.8, 4) is 16.9 Å². The van der Waals surface area contributed by atoms with Crippen LogP contribution in [0.4, 0.5) is 0 Å². The number of hydrogen-bond acceptors (Lipinski definition) is 2. The first-order valence-electron chi connectivity index (χ1n) is 8.59. The van der Waals surface area contributed by atoms with Crippen LogP contribution >= 0.6 is 23.4 Å². The van der Waals surface area contributed by atoms with Crippen molar-refractivity contribution < 1.29 is 0 Å². The van der Waals surface area contributed by atoms with Gasteiger partial charge in [-0.3, -0.25) is 0 Å². The number of hydrogen-bond donors (Lipinski definition) is 0. The minimum absolute atomic E-state index is 0.720. The van der Waals surface area contributed by atoms with Gasteiger partial charge in [-0.1, -0.05) is 71.9 Å². The summed E-state index contributed by atoms with van der Waals surface area (Å²) in [6, 6.07) is 28.2. The molecule has 0 unspecified atom stereocenters. The third-order valence-electron chi connectivity index (χ3n) is 4.08. The Bertz CT molecular complexity index is 1040. The van der Waals surface area contributed by atoms with E-state index in [-0.39, 0.29) is 0 Å². The molecule has 0 radical (unpaired) electrons. The van der Waals surface area contributed by atoms with E-state index in [0.717, 1.165) is 27.5 Å². The van der Waals surface area contributed by atoms with Gasteiger partial charge in [-0.05, 0) is 47.9 Å². The molecule has 0 aliphatic rings. The lowest BCUT2D eigenvalue weighted by Crippen LogP contribution is -1.93. The minimum Gasteiger partial charge on any atom is -0.240 e. The average Bonchev–Trinajstić information content (AvgIpc) is 3.14. The van der Waals surface area contributed by atoms with Gasteiger partial charge in [-0.2, -0.15) is 5.10 Å². The Hall–Kier alpha value is -2.75. The van der Waals surface area contributed by atoms with Crippen molar-refractivity contribution in [3.05, 3.63) is 107 Å². The highest BCUT2D eigenvalue weighted by atomic mass is 35.5. The smallest absolute Gasteiger partial charge is 0.1000 e. The van der Waals surface area contributed by atoms with Gasteiger partial charge in [0, 0.05) is 27.2 Å². The molecule has 1 heterocycles. The fraction of sp³-hybridized carbons (Fsp3) is 0. The summed E-state index contributed by atoms with van der Waals surface area (Å²) in [7, 11) is 0. The van der Waals surface area contributed by atoms with Gasteiger partial charge in [0.2, 0.25) is 0 Å². The second-order valence-electron chi connectivity index (χ2n) is 5.95. The fourth-order valence-electron chi connectivity index (χ4n) is 2.74. The molecule has 1 aromatic heterocycles. The second-order valence-corrected chi connectivity index (χ2v) is 7.37. The lowest BCUT2D eigenvalue weighted by molar-refractivity contribution is 0.884. The summed E-state index contributed by atoms with van der Waals surface area (Å²) in [6.07, 6.45) is 4.16. The van der Waals surface area contributed by atoms with E-state index in [9.17, 15) is 0 Å². The first kappa shape index (κ1) is 17.7. The zero-order valence-electron chi connectivity index (χ0n) is 14.5. The van der Waals surface area contributed by atoms with E-state index < -0.39 is 0 Å². The van der Waals surface area contributed by atoms with E-state index in [1.807, 2.05) is 77.5 Å². The number of thioether (sulfide) groups is 1. The maximum atomic E-state index is 6.05. The molecular formula is C23H17ClN2S. The molecule has 4 heteroatoms. The number of halogens is 1. The topological polar surface area (TPSA) is 17.8 Å². The number of benzene rings is 3. The zero-order valence-corrected chi connectivity index (χ0v) is 16.1. The Morgan fingerprint density at radius 3 is 2.19 bits per heavy atom. The van der Waals surface area contributed by atoms with Gasteiger partial charge in [0.25, 0.3) is 0 Å². The molecule has 4 aromatic rings. The van der Waals surface area contributed by atoms with Crippen molar-refractivity contribution in [3.63, 3.8) is 0 Å². The van der Waals surface area contributed by atoms with E-state index in [1.165, 1.54) is 4.90 Å². The molecule has 27 heavy (non-hydrogen) atoms. The van der Waals surface area contributed by atoms with E-state index >= 15 is 0 Å². The average molecular weight is 389 g/mol. The summed E-state index contributed by atoms with van der Waals surface area (Å²) in [5, 5.41) is 7.64. The highest BCUT2D eigenvalue weighted by molar-refractivity contribution is 8.02. The normalized spacial score (nSPS) is 11.1. The van der Waals surface area contributed by atoms with E-state index in [2.05, 4.69) is 29.8 Å². The van der Waals surface area contributed by atoms with Gasteiger partial charge in [-0.25, -0.2) is 4.68 Å². The minimum atomic E-state index is 0.720. The Kier molecular flexibility index (Phi) is 5.42. The predicted molar refractivity (Wildman–Crippen MR) is 115 cm³/mol. The van der Waals surface area contributed by atoms with E-state index in [4.69, 9.17) is 16.7 Å². The standard InChI is InChI=1S/C23H17ClN2S/c24-20-13-11-18(12-14-20)23-19(15-16-27-22-9-5-2-6-10-22)17-26(25-23)21-7-3-1-4-8-21/h1-17H/b16-15+. The number of para-hydroxylation sites is 1. The van der Waals surface area contributed by atoms with Crippen molar-refractivity contribution in [1.29, 1.82) is 0 Å². The number of aromatic nitrogens is 2. The van der Waals surface area contributed by atoms with Crippen molar-refractivity contribution in [1.82, 2.24) is 9.78 Å².